The normalized spacial score (nSPS) is 25.8. The summed E-state index contributed by atoms with van der Waals surface area (Å²) < 4.78 is 0. The second-order valence-electron chi connectivity index (χ2n) is 6.34. The minimum atomic E-state index is -0.401. The van der Waals surface area contributed by atoms with Crippen molar-refractivity contribution >= 4 is 5.91 Å². The summed E-state index contributed by atoms with van der Waals surface area (Å²) in [4.78, 5) is 14.4. The van der Waals surface area contributed by atoms with Gasteiger partial charge >= 0.3 is 0 Å². The molecule has 110 valence electrons. The van der Waals surface area contributed by atoms with Crippen LogP contribution in [0.3, 0.4) is 0 Å². The molecule has 2 rings (SSSR count). The monoisotopic (exact) mass is 267 g/mol. The predicted octanol–water partition coefficient (Wildman–Crippen LogP) is 1.64. The number of carbonyl (C=O) groups is 1. The fourth-order valence-electron chi connectivity index (χ4n) is 3.60. The Hall–Kier alpha value is -0.610. The molecular weight excluding hydrogens is 238 g/mol. The lowest BCUT2D eigenvalue weighted by molar-refractivity contribution is -0.123. The molecule has 1 atom stereocenters. The van der Waals surface area contributed by atoms with Crippen LogP contribution in [0.5, 0.6) is 0 Å². The van der Waals surface area contributed by atoms with Crippen molar-refractivity contribution in [2.45, 2.75) is 69.9 Å². The summed E-state index contributed by atoms with van der Waals surface area (Å²) in [7, 11) is 0. The number of likely N-dealkylation sites (tertiary alicyclic amines) is 1. The summed E-state index contributed by atoms with van der Waals surface area (Å²) in [6.07, 6.45) is 10.4. The molecule has 0 aromatic carbocycles. The van der Waals surface area contributed by atoms with E-state index in [0.717, 1.165) is 6.54 Å². The summed E-state index contributed by atoms with van der Waals surface area (Å²) in [5, 5.41) is 3.08. The van der Waals surface area contributed by atoms with E-state index in [2.05, 4.69) is 10.2 Å². The van der Waals surface area contributed by atoms with Crippen LogP contribution < -0.4 is 11.1 Å². The standard InChI is InChI=1S/C15H29N3O/c1-13(16)14(19)17-12-15(8-4-2-5-9-15)18-10-6-3-7-11-18/h13H,2-12,16H2,1H3,(H,17,19). The van der Waals surface area contributed by atoms with Crippen LogP contribution in [0.15, 0.2) is 0 Å². The first-order valence-electron chi connectivity index (χ1n) is 7.92. The van der Waals surface area contributed by atoms with E-state index in [4.69, 9.17) is 5.73 Å². The smallest absolute Gasteiger partial charge is 0.236 e. The fourth-order valence-corrected chi connectivity index (χ4v) is 3.60. The third kappa shape index (κ3) is 3.69. The molecule has 0 aromatic rings. The third-order valence-corrected chi connectivity index (χ3v) is 4.82. The summed E-state index contributed by atoms with van der Waals surface area (Å²) in [5.74, 6) is -0.0121. The highest BCUT2D eigenvalue weighted by molar-refractivity contribution is 5.81. The topological polar surface area (TPSA) is 58.4 Å². The van der Waals surface area contributed by atoms with E-state index in [-0.39, 0.29) is 11.4 Å². The van der Waals surface area contributed by atoms with Crippen molar-refractivity contribution in [2.24, 2.45) is 5.73 Å². The molecule has 1 saturated carbocycles. The molecule has 1 unspecified atom stereocenters. The lowest BCUT2D eigenvalue weighted by atomic mass is 9.79. The van der Waals surface area contributed by atoms with Gasteiger partial charge < -0.3 is 11.1 Å². The average Bonchev–Trinajstić information content (AvgIpc) is 2.46. The number of nitrogens with zero attached hydrogens (tertiary/aromatic N) is 1. The van der Waals surface area contributed by atoms with Gasteiger partial charge in [-0.25, -0.2) is 0 Å². The van der Waals surface area contributed by atoms with Crippen molar-refractivity contribution in [3.05, 3.63) is 0 Å². The Labute approximate surface area is 117 Å². The Morgan fingerprint density at radius 1 is 1.16 bits per heavy atom. The third-order valence-electron chi connectivity index (χ3n) is 4.82. The number of nitrogens with two attached hydrogens (primary N) is 1. The Morgan fingerprint density at radius 2 is 1.74 bits per heavy atom. The highest BCUT2D eigenvalue weighted by Gasteiger charge is 2.38. The van der Waals surface area contributed by atoms with E-state index in [1.807, 2.05) is 0 Å². The van der Waals surface area contributed by atoms with Crippen LogP contribution in [0.4, 0.5) is 0 Å². The molecule has 2 fully saturated rings. The first-order valence-corrected chi connectivity index (χ1v) is 7.92. The number of piperidine rings is 1. The van der Waals surface area contributed by atoms with Crippen LogP contribution in [-0.2, 0) is 4.79 Å². The molecule has 1 aliphatic carbocycles. The van der Waals surface area contributed by atoms with E-state index in [1.165, 1.54) is 64.5 Å². The second kappa shape index (κ2) is 6.71. The first kappa shape index (κ1) is 14.8. The van der Waals surface area contributed by atoms with Crippen LogP contribution in [0.1, 0.15) is 58.3 Å². The first-order chi connectivity index (χ1) is 9.14. The Balaban J connectivity index is 1.99. The molecule has 1 aliphatic heterocycles. The molecule has 2 aliphatic rings. The van der Waals surface area contributed by atoms with Gasteiger partial charge in [0, 0.05) is 12.1 Å². The molecule has 1 amide bonds. The van der Waals surface area contributed by atoms with Crippen molar-refractivity contribution in [2.75, 3.05) is 19.6 Å². The van der Waals surface area contributed by atoms with Gasteiger partial charge in [0.25, 0.3) is 0 Å². The zero-order valence-electron chi connectivity index (χ0n) is 12.3. The number of hydrogen-bond donors (Lipinski definition) is 2. The molecule has 19 heavy (non-hydrogen) atoms. The van der Waals surface area contributed by atoms with Crippen molar-refractivity contribution in [1.82, 2.24) is 10.2 Å². The summed E-state index contributed by atoms with van der Waals surface area (Å²) in [5.41, 5.74) is 5.86. The average molecular weight is 267 g/mol. The zero-order valence-corrected chi connectivity index (χ0v) is 12.3. The summed E-state index contributed by atoms with van der Waals surface area (Å²) >= 11 is 0. The molecule has 0 bridgehead atoms. The Kier molecular flexibility index (Phi) is 5.22. The van der Waals surface area contributed by atoms with E-state index in [0.29, 0.717) is 0 Å². The lowest BCUT2D eigenvalue weighted by Crippen LogP contribution is -2.59. The van der Waals surface area contributed by atoms with Crippen molar-refractivity contribution in [3.8, 4) is 0 Å². The Morgan fingerprint density at radius 3 is 2.32 bits per heavy atom. The van der Waals surface area contributed by atoms with Gasteiger partial charge in [0.05, 0.1) is 6.04 Å². The van der Waals surface area contributed by atoms with Crippen LogP contribution in [0, 0.1) is 0 Å². The minimum Gasteiger partial charge on any atom is -0.353 e. The number of amides is 1. The van der Waals surface area contributed by atoms with Gasteiger partial charge in [0.2, 0.25) is 5.91 Å². The number of carbonyl (C=O) groups excluding carboxylic acids is 1. The van der Waals surface area contributed by atoms with Gasteiger partial charge in [0.15, 0.2) is 0 Å². The molecule has 3 N–H and O–H groups in total. The fraction of sp³-hybridized carbons (Fsp3) is 0.933. The van der Waals surface area contributed by atoms with Crippen LogP contribution in [0.25, 0.3) is 0 Å². The van der Waals surface area contributed by atoms with Crippen molar-refractivity contribution < 1.29 is 4.79 Å². The maximum absolute atomic E-state index is 11.8. The quantitative estimate of drug-likeness (QED) is 0.814. The summed E-state index contributed by atoms with van der Waals surface area (Å²) in [6.45, 7) is 4.94. The zero-order chi connectivity index (χ0) is 13.7. The Bertz CT molecular complexity index is 292. The number of hydrogen-bond acceptors (Lipinski definition) is 3. The second-order valence-corrected chi connectivity index (χ2v) is 6.34. The van der Waals surface area contributed by atoms with Crippen LogP contribution in [0.2, 0.25) is 0 Å². The van der Waals surface area contributed by atoms with Gasteiger partial charge in [0.1, 0.15) is 0 Å². The van der Waals surface area contributed by atoms with Gasteiger partial charge in [-0.15, -0.1) is 0 Å². The predicted molar refractivity (Wildman–Crippen MR) is 77.9 cm³/mol. The van der Waals surface area contributed by atoms with Gasteiger partial charge in [-0.1, -0.05) is 25.7 Å². The highest BCUT2D eigenvalue weighted by Crippen LogP contribution is 2.35. The van der Waals surface area contributed by atoms with Crippen LogP contribution >= 0.6 is 0 Å². The lowest BCUT2D eigenvalue weighted by Gasteiger charge is -2.48. The minimum absolute atomic E-state index is 0.0121. The largest absolute Gasteiger partial charge is 0.353 e. The molecular formula is C15H29N3O. The van der Waals surface area contributed by atoms with E-state index in [9.17, 15) is 4.79 Å². The molecule has 0 radical (unpaired) electrons. The maximum atomic E-state index is 11.8. The van der Waals surface area contributed by atoms with E-state index >= 15 is 0 Å². The van der Waals surface area contributed by atoms with Gasteiger partial charge in [-0.2, -0.15) is 0 Å². The molecule has 1 saturated heterocycles. The van der Waals surface area contributed by atoms with E-state index < -0.39 is 6.04 Å². The number of nitrogens with one attached hydrogen (secondary N) is 1. The number of rotatable bonds is 4. The molecule has 1 heterocycles. The maximum Gasteiger partial charge on any atom is 0.236 e. The van der Waals surface area contributed by atoms with Crippen molar-refractivity contribution in [1.29, 1.82) is 0 Å². The van der Waals surface area contributed by atoms with Gasteiger partial charge in [-0.05, 0) is 45.7 Å². The van der Waals surface area contributed by atoms with E-state index in [1.54, 1.807) is 6.92 Å². The summed E-state index contributed by atoms with van der Waals surface area (Å²) in [6, 6.07) is -0.401. The van der Waals surface area contributed by atoms with Crippen LogP contribution in [-0.4, -0.2) is 42.0 Å². The highest BCUT2D eigenvalue weighted by atomic mass is 16.2. The van der Waals surface area contributed by atoms with Gasteiger partial charge in [-0.3, -0.25) is 9.69 Å². The SMILES string of the molecule is CC(N)C(=O)NCC1(N2CCCCC2)CCCCC1. The molecule has 4 heteroatoms. The molecule has 0 aromatic heterocycles. The molecule has 4 nitrogen and oxygen atoms in total. The molecule has 0 spiro atoms. The van der Waals surface area contributed by atoms with Crippen molar-refractivity contribution in [3.63, 3.8) is 0 Å².